The van der Waals surface area contributed by atoms with Gasteiger partial charge in [-0.25, -0.2) is 4.68 Å². The zero-order chi connectivity index (χ0) is 21.5. The molecule has 1 saturated heterocycles. The van der Waals surface area contributed by atoms with Crippen molar-refractivity contribution in [1.82, 2.24) is 24.5 Å². The Morgan fingerprint density at radius 2 is 2.20 bits per heavy atom. The summed E-state index contributed by atoms with van der Waals surface area (Å²) in [7, 11) is 0. The number of carbonyl (C=O) groups is 1. The number of halogens is 3. The van der Waals surface area contributed by atoms with Gasteiger partial charge in [-0.2, -0.15) is 23.4 Å². The van der Waals surface area contributed by atoms with E-state index in [1.54, 1.807) is 21.8 Å². The lowest BCUT2D eigenvalue weighted by Gasteiger charge is -2.32. The van der Waals surface area contributed by atoms with Gasteiger partial charge in [0.25, 0.3) is 0 Å². The second-order valence-corrected chi connectivity index (χ2v) is 8.23. The van der Waals surface area contributed by atoms with Crippen molar-refractivity contribution in [2.24, 2.45) is 0 Å². The van der Waals surface area contributed by atoms with E-state index in [9.17, 15) is 18.0 Å². The van der Waals surface area contributed by atoms with E-state index in [1.807, 2.05) is 26.1 Å². The number of rotatable bonds is 5. The Kier molecular flexibility index (Phi) is 5.50. The van der Waals surface area contributed by atoms with Crippen LogP contribution in [0.3, 0.4) is 0 Å². The molecule has 2 aromatic rings. The molecule has 0 unspecified atom stereocenters. The summed E-state index contributed by atoms with van der Waals surface area (Å²) in [6.45, 7) is 4.38. The van der Waals surface area contributed by atoms with E-state index in [-0.39, 0.29) is 36.9 Å². The lowest BCUT2D eigenvalue weighted by molar-refractivity contribution is -0.173. The highest BCUT2D eigenvalue weighted by Gasteiger charge is 2.46. The third-order valence-electron chi connectivity index (χ3n) is 6.14. The summed E-state index contributed by atoms with van der Waals surface area (Å²) >= 11 is 0. The van der Waals surface area contributed by atoms with E-state index in [1.165, 1.54) is 0 Å². The zero-order valence-electron chi connectivity index (χ0n) is 17.1. The van der Waals surface area contributed by atoms with Gasteiger partial charge in [-0.1, -0.05) is 6.92 Å². The highest BCUT2D eigenvalue weighted by atomic mass is 19.4. The summed E-state index contributed by atoms with van der Waals surface area (Å²) in [5, 5.41) is 11.7. The Bertz CT molecular complexity index is 878. The summed E-state index contributed by atoms with van der Waals surface area (Å²) in [6.07, 6.45) is 1.48. The molecule has 2 aliphatic heterocycles. The largest absolute Gasteiger partial charge is 0.410 e. The number of aromatic nitrogens is 4. The number of anilines is 1. The van der Waals surface area contributed by atoms with E-state index in [2.05, 4.69) is 15.5 Å². The van der Waals surface area contributed by atoms with Gasteiger partial charge in [0.2, 0.25) is 5.91 Å². The minimum Gasteiger partial charge on any atom is -0.367 e. The predicted octanol–water partition coefficient (Wildman–Crippen LogP) is 4.09. The summed E-state index contributed by atoms with van der Waals surface area (Å²) < 4.78 is 43.7. The fourth-order valence-corrected chi connectivity index (χ4v) is 4.48. The van der Waals surface area contributed by atoms with Crippen LogP contribution in [0.2, 0.25) is 0 Å². The van der Waals surface area contributed by atoms with Crippen LogP contribution >= 0.6 is 0 Å². The highest BCUT2D eigenvalue weighted by Crippen LogP contribution is 2.42. The Hall–Kier alpha value is -2.52. The topological polar surface area (TPSA) is 68.0 Å². The molecule has 4 heterocycles. The van der Waals surface area contributed by atoms with Crippen molar-refractivity contribution in [3.8, 4) is 0 Å². The minimum absolute atomic E-state index is 0.0294. The number of likely N-dealkylation sites (tertiary alicyclic amines) is 1. The van der Waals surface area contributed by atoms with Gasteiger partial charge < -0.3 is 10.2 Å². The van der Waals surface area contributed by atoms with Gasteiger partial charge in [0, 0.05) is 37.5 Å². The summed E-state index contributed by atoms with van der Waals surface area (Å²) in [4.78, 5) is 14.7. The van der Waals surface area contributed by atoms with Crippen LogP contribution in [0.4, 0.5) is 19.0 Å². The third-order valence-corrected chi connectivity index (χ3v) is 6.14. The van der Waals surface area contributed by atoms with E-state index < -0.39 is 12.2 Å². The van der Waals surface area contributed by atoms with Gasteiger partial charge in [0.05, 0.1) is 17.8 Å². The van der Waals surface area contributed by atoms with Crippen LogP contribution in [0, 0.1) is 0 Å². The molecule has 7 nitrogen and oxygen atoms in total. The SMILES string of the molecule is CC[C@@H]1C[C@H](C(F)(F)F)n2nc([C@@H]3CCCN3C(=O)C[C@@H](C)n3cccn3)cc2N1. The molecule has 0 spiro atoms. The Morgan fingerprint density at radius 3 is 2.87 bits per heavy atom. The fourth-order valence-electron chi connectivity index (χ4n) is 4.48. The zero-order valence-corrected chi connectivity index (χ0v) is 17.1. The Labute approximate surface area is 173 Å². The molecule has 1 fully saturated rings. The normalized spacial score (nSPS) is 25.1. The average Bonchev–Trinajstić information content (AvgIpc) is 3.45. The number of carbonyl (C=O) groups excluding carboxylic acids is 1. The monoisotopic (exact) mass is 424 g/mol. The number of alkyl halides is 3. The lowest BCUT2D eigenvalue weighted by Crippen LogP contribution is -2.39. The van der Waals surface area contributed by atoms with Crippen LogP contribution in [0.15, 0.2) is 24.5 Å². The van der Waals surface area contributed by atoms with Gasteiger partial charge in [-0.15, -0.1) is 0 Å². The maximum Gasteiger partial charge on any atom is 0.410 e. The first-order chi connectivity index (χ1) is 14.3. The van der Waals surface area contributed by atoms with Crippen molar-refractivity contribution in [1.29, 1.82) is 0 Å². The number of nitrogens with zero attached hydrogens (tertiary/aromatic N) is 5. The van der Waals surface area contributed by atoms with Crippen LogP contribution in [0.1, 0.15) is 69.8 Å². The van der Waals surface area contributed by atoms with Gasteiger partial charge in [-0.3, -0.25) is 9.48 Å². The Balaban J connectivity index is 1.55. The van der Waals surface area contributed by atoms with Crippen LogP contribution in [0.25, 0.3) is 0 Å². The van der Waals surface area contributed by atoms with Crippen molar-refractivity contribution in [3.63, 3.8) is 0 Å². The molecule has 0 aromatic carbocycles. The molecule has 164 valence electrons. The van der Waals surface area contributed by atoms with Crippen molar-refractivity contribution in [2.45, 2.75) is 76.3 Å². The minimum atomic E-state index is -4.36. The molecule has 30 heavy (non-hydrogen) atoms. The molecule has 0 radical (unpaired) electrons. The number of nitrogens with one attached hydrogen (secondary N) is 1. The number of amides is 1. The van der Waals surface area contributed by atoms with Crippen LogP contribution in [-0.2, 0) is 4.79 Å². The van der Waals surface area contributed by atoms with Crippen LogP contribution in [0.5, 0.6) is 0 Å². The molecule has 4 rings (SSSR count). The third kappa shape index (κ3) is 3.91. The smallest absolute Gasteiger partial charge is 0.367 e. The summed E-state index contributed by atoms with van der Waals surface area (Å²) in [6, 6.07) is 1.22. The Morgan fingerprint density at radius 1 is 1.40 bits per heavy atom. The molecule has 2 aliphatic rings. The van der Waals surface area contributed by atoms with Crippen LogP contribution in [-0.4, -0.2) is 49.1 Å². The number of hydrogen-bond donors (Lipinski definition) is 1. The summed E-state index contributed by atoms with van der Waals surface area (Å²) in [5.41, 5.74) is 0.529. The van der Waals surface area contributed by atoms with Crippen molar-refractivity contribution in [2.75, 3.05) is 11.9 Å². The molecular weight excluding hydrogens is 397 g/mol. The number of hydrogen-bond acceptors (Lipinski definition) is 4. The van der Waals surface area contributed by atoms with E-state index in [4.69, 9.17) is 0 Å². The average molecular weight is 424 g/mol. The molecule has 1 N–H and O–H groups in total. The first kappa shape index (κ1) is 20.7. The first-order valence-electron chi connectivity index (χ1n) is 10.5. The highest BCUT2D eigenvalue weighted by molar-refractivity contribution is 5.77. The fraction of sp³-hybridized carbons (Fsp3) is 0.650. The van der Waals surface area contributed by atoms with Crippen molar-refractivity contribution in [3.05, 3.63) is 30.2 Å². The molecule has 0 bridgehead atoms. The molecule has 10 heteroatoms. The second-order valence-electron chi connectivity index (χ2n) is 8.23. The van der Waals surface area contributed by atoms with E-state index in [0.29, 0.717) is 30.9 Å². The molecule has 0 saturated carbocycles. The first-order valence-corrected chi connectivity index (χ1v) is 10.5. The summed E-state index contributed by atoms with van der Waals surface area (Å²) in [5.74, 6) is 0.355. The lowest BCUT2D eigenvalue weighted by atomic mass is 10.0. The van der Waals surface area contributed by atoms with E-state index >= 15 is 0 Å². The van der Waals surface area contributed by atoms with Crippen LogP contribution < -0.4 is 5.32 Å². The van der Waals surface area contributed by atoms with Crippen molar-refractivity contribution >= 4 is 11.7 Å². The predicted molar refractivity (Wildman–Crippen MR) is 105 cm³/mol. The molecule has 4 atom stereocenters. The van der Waals surface area contributed by atoms with Crippen molar-refractivity contribution < 1.29 is 18.0 Å². The molecule has 1 amide bonds. The van der Waals surface area contributed by atoms with E-state index in [0.717, 1.165) is 11.1 Å². The van der Waals surface area contributed by atoms with Gasteiger partial charge >= 0.3 is 6.18 Å². The maximum atomic E-state index is 13.6. The molecule has 0 aliphatic carbocycles. The quantitative estimate of drug-likeness (QED) is 0.785. The molecule has 2 aromatic heterocycles. The standard InChI is InChI=1S/C20H27F3N6O/c1-3-14-11-17(20(21,22)23)29-18(25-14)12-15(26-29)16-6-4-8-27(16)19(30)10-13(2)28-9-5-7-24-28/h5,7,9,12-14,16-17,25H,3-4,6,8,10-11H2,1-2H3/t13-,14-,16+,17-/m1/s1. The second kappa shape index (κ2) is 7.96. The number of fused-ring (bicyclic) bond motifs is 1. The maximum absolute atomic E-state index is 13.6. The molecular formula is C20H27F3N6O. The van der Waals surface area contributed by atoms with Gasteiger partial charge in [0.1, 0.15) is 5.82 Å². The van der Waals surface area contributed by atoms with Gasteiger partial charge in [0.15, 0.2) is 6.04 Å². The van der Waals surface area contributed by atoms with Gasteiger partial charge in [-0.05, 0) is 38.7 Å².